The molecular formula is C13H13ClN2O2S. The Hall–Kier alpha value is -1.46. The maximum absolute atomic E-state index is 10.7. The van der Waals surface area contributed by atoms with Crippen molar-refractivity contribution >= 4 is 29.3 Å². The zero-order chi connectivity index (χ0) is 14.0. The number of hydrogen-bond donors (Lipinski definition) is 1. The van der Waals surface area contributed by atoms with E-state index in [1.165, 1.54) is 11.8 Å². The lowest BCUT2D eigenvalue weighted by Crippen LogP contribution is -2.04. The molecule has 0 atom stereocenters. The summed E-state index contributed by atoms with van der Waals surface area (Å²) in [5.74, 6) is -0.879. The Balaban J connectivity index is 2.46. The van der Waals surface area contributed by atoms with Crippen molar-refractivity contribution in [3.8, 4) is 5.69 Å². The Bertz CT molecular complexity index is 625. The number of carboxylic acid groups (broad SMARTS) is 1. The summed E-state index contributed by atoms with van der Waals surface area (Å²) in [6.45, 7) is 3.86. The number of carbonyl (C=O) groups is 1. The van der Waals surface area contributed by atoms with Crippen molar-refractivity contribution in [2.75, 3.05) is 5.75 Å². The molecule has 19 heavy (non-hydrogen) atoms. The molecule has 1 N–H and O–H groups in total. The number of thioether (sulfide) groups is 1. The van der Waals surface area contributed by atoms with E-state index in [9.17, 15) is 4.79 Å². The molecule has 6 heteroatoms. The molecule has 1 aromatic carbocycles. The van der Waals surface area contributed by atoms with Gasteiger partial charge in [0.1, 0.15) is 0 Å². The van der Waals surface area contributed by atoms with Gasteiger partial charge in [-0.25, -0.2) is 4.98 Å². The highest BCUT2D eigenvalue weighted by atomic mass is 35.5. The van der Waals surface area contributed by atoms with Crippen LogP contribution in [0.4, 0.5) is 0 Å². The Morgan fingerprint density at radius 3 is 2.89 bits per heavy atom. The lowest BCUT2D eigenvalue weighted by atomic mass is 10.2. The minimum absolute atomic E-state index is 0.0178. The summed E-state index contributed by atoms with van der Waals surface area (Å²) in [6, 6.07) is 5.65. The summed E-state index contributed by atoms with van der Waals surface area (Å²) < 4.78 is 1.93. The molecule has 0 bridgehead atoms. The Labute approximate surface area is 120 Å². The SMILES string of the molecule is Cc1c(Cl)cccc1-n1c(C)cnc1SCC(=O)O. The zero-order valence-corrected chi connectivity index (χ0v) is 12.1. The predicted molar refractivity (Wildman–Crippen MR) is 76.4 cm³/mol. The fourth-order valence-electron chi connectivity index (χ4n) is 1.77. The smallest absolute Gasteiger partial charge is 0.313 e. The monoisotopic (exact) mass is 296 g/mol. The van der Waals surface area contributed by atoms with Gasteiger partial charge in [0.2, 0.25) is 0 Å². The van der Waals surface area contributed by atoms with Crippen LogP contribution in [0.5, 0.6) is 0 Å². The van der Waals surface area contributed by atoms with Gasteiger partial charge in [-0.15, -0.1) is 0 Å². The molecule has 1 aromatic heterocycles. The standard InChI is InChI=1S/C13H13ClN2O2S/c1-8-6-15-13(19-7-12(17)18)16(8)11-5-3-4-10(14)9(11)2/h3-6H,7H2,1-2H3,(H,17,18). The van der Waals surface area contributed by atoms with Crippen LogP contribution in [0, 0.1) is 13.8 Å². The van der Waals surface area contributed by atoms with Crippen molar-refractivity contribution in [2.45, 2.75) is 19.0 Å². The van der Waals surface area contributed by atoms with Crippen LogP contribution in [0.3, 0.4) is 0 Å². The predicted octanol–water partition coefficient (Wildman–Crippen LogP) is 3.32. The van der Waals surface area contributed by atoms with E-state index in [0.29, 0.717) is 10.2 Å². The van der Waals surface area contributed by atoms with Crippen LogP contribution in [-0.4, -0.2) is 26.4 Å². The number of aliphatic carboxylic acids is 1. The summed E-state index contributed by atoms with van der Waals surface area (Å²) in [6.07, 6.45) is 1.73. The number of carboxylic acids is 1. The largest absolute Gasteiger partial charge is 0.481 e. The molecule has 0 aliphatic heterocycles. The van der Waals surface area contributed by atoms with Gasteiger partial charge in [-0.1, -0.05) is 29.4 Å². The number of rotatable bonds is 4. The number of aromatic nitrogens is 2. The first kappa shape index (κ1) is 14.0. The van der Waals surface area contributed by atoms with Crippen molar-refractivity contribution in [3.63, 3.8) is 0 Å². The van der Waals surface area contributed by atoms with Crippen LogP contribution in [0.25, 0.3) is 5.69 Å². The molecule has 2 rings (SSSR count). The van der Waals surface area contributed by atoms with Gasteiger partial charge in [-0.3, -0.25) is 9.36 Å². The highest BCUT2D eigenvalue weighted by Gasteiger charge is 2.13. The number of halogens is 1. The van der Waals surface area contributed by atoms with Crippen LogP contribution >= 0.6 is 23.4 Å². The lowest BCUT2D eigenvalue weighted by molar-refractivity contribution is -0.133. The van der Waals surface area contributed by atoms with E-state index in [4.69, 9.17) is 16.7 Å². The Morgan fingerprint density at radius 1 is 1.47 bits per heavy atom. The van der Waals surface area contributed by atoms with Crippen LogP contribution in [0.1, 0.15) is 11.3 Å². The van der Waals surface area contributed by atoms with Crippen molar-refractivity contribution in [1.29, 1.82) is 0 Å². The average Bonchev–Trinajstić information content (AvgIpc) is 2.72. The summed E-state index contributed by atoms with van der Waals surface area (Å²) in [7, 11) is 0. The first-order chi connectivity index (χ1) is 9.00. The molecular weight excluding hydrogens is 284 g/mol. The van der Waals surface area contributed by atoms with Crippen LogP contribution in [0.15, 0.2) is 29.6 Å². The van der Waals surface area contributed by atoms with E-state index in [-0.39, 0.29) is 5.75 Å². The Morgan fingerprint density at radius 2 is 2.21 bits per heavy atom. The summed E-state index contributed by atoms with van der Waals surface area (Å²) in [4.78, 5) is 14.9. The average molecular weight is 297 g/mol. The van der Waals surface area contributed by atoms with Gasteiger partial charge in [0, 0.05) is 16.9 Å². The Kier molecular flexibility index (Phi) is 4.17. The third-order valence-corrected chi connectivity index (χ3v) is 4.06. The van der Waals surface area contributed by atoms with Crippen LogP contribution < -0.4 is 0 Å². The van der Waals surface area contributed by atoms with E-state index < -0.39 is 5.97 Å². The van der Waals surface area contributed by atoms with Gasteiger partial charge in [0.15, 0.2) is 5.16 Å². The number of hydrogen-bond acceptors (Lipinski definition) is 3. The van der Waals surface area contributed by atoms with Gasteiger partial charge < -0.3 is 5.11 Å². The van der Waals surface area contributed by atoms with Crippen molar-refractivity contribution in [3.05, 3.63) is 40.7 Å². The highest BCUT2D eigenvalue weighted by molar-refractivity contribution is 7.99. The molecule has 0 amide bonds. The molecule has 0 spiro atoms. The van der Waals surface area contributed by atoms with Gasteiger partial charge in [-0.05, 0) is 31.5 Å². The molecule has 0 aliphatic carbocycles. The van der Waals surface area contributed by atoms with E-state index >= 15 is 0 Å². The second kappa shape index (κ2) is 5.67. The molecule has 0 unspecified atom stereocenters. The third-order valence-electron chi connectivity index (χ3n) is 2.71. The third kappa shape index (κ3) is 2.93. The number of nitrogens with zero attached hydrogens (tertiary/aromatic N) is 2. The van der Waals surface area contributed by atoms with Gasteiger partial charge in [0.05, 0.1) is 11.4 Å². The fourth-order valence-corrected chi connectivity index (χ4v) is 2.70. The highest BCUT2D eigenvalue weighted by Crippen LogP contribution is 2.28. The molecule has 0 radical (unpaired) electrons. The number of aryl methyl sites for hydroxylation is 1. The van der Waals surface area contributed by atoms with Crippen molar-refractivity contribution < 1.29 is 9.90 Å². The first-order valence-electron chi connectivity index (χ1n) is 5.65. The maximum atomic E-state index is 10.7. The summed E-state index contributed by atoms with van der Waals surface area (Å²) >= 11 is 7.32. The van der Waals surface area contributed by atoms with E-state index in [0.717, 1.165) is 16.9 Å². The molecule has 1 heterocycles. The second-order valence-electron chi connectivity index (χ2n) is 4.08. The van der Waals surface area contributed by atoms with Gasteiger partial charge >= 0.3 is 5.97 Å². The van der Waals surface area contributed by atoms with Crippen LogP contribution in [0.2, 0.25) is 5.02 Å². The second-order valence-corrected chi connectivity index (χ2v) is 5.43. The van der Waals surface area contributed by atoms with E-state index in [2.05, 4.69) is 4.98 Å². The molecule has 4 nitrogen and oxygen atoms in total. The molecule has 0 saturated carbocycles. The molecule has 0 fully saturated rings. The lowest BCUT2D eigenvalue weighted by Gasteiger charge is -2.13. The molecule has 0 saturated heterocycles. The molecule has 0 aliphatic rings. The van der Waals surface area contributed by atoms with Crippen molar-refractivity contribution in [1.82, 2.24) is 9.55 Å². The normalized spacial score (nSPS) is 10.7. The topological polar surface area (TPSA) is 55.1 Å². The maximum Gasteiger partial charge on any atom is 0.313 e. The molecule has 2 aromatic rings. The van der Waals surface area contributed by atoms with Crippen molar-refractivity contribution in [2.24, 2.45) is 0 Å². The minimum Gasteiger partial charge on any atom is -0.481 e. The summed E-state index contributed by atoms with van der Waals surface area (Å²) in [5.41, 5.74) is 2.82. The number of benzene rings is 1. The summed E-state index contributed by atoms with van der Waals surface area (Å²) in [5, 5.41) is 10.1. The van der Waals surface area contributed by atoms with Gasteiger partial charge in [-0.2, -0.15) is 0 Å². The fraction of sp³-hybridized carbons (Fsp3) is 0.231. The first-order valence-corrected chi connectivity index (χ1v) is 7.01. The molecule has 100 valence electrons. The number of imidazole rings is 1. The minimum atomic E-state index is -0.861. The van der Waals surface area contributed by atoms with Gasteiger partial charge in [0.25, 0.3) is 0 Å². The van der Waals surface area contributed by atoms with E-state index in [1.807, 2.05) is 36.6 Å². The zero-order valence-electron chi connectivity index (χ0n) is 10.6. The van der Waals surface area contributed by atoms with E-state index in [1.54, 1.807) is 6.20 Å². The van der Waals surface area contributed by atoms with Crippen LogP contribution in [-0.2, 0) is 4.79 Å². The quantitative estimate of drug-likeness (QED) is 0.879.